The van der Waals surface area contributed by atoms with E-state index >= 15 is 0 Å². The second-order valence-corrected chi connectivity index (χ2v) is 8.66. The average Bonchev–Trinajstić information content (AvgIpc) is 2.90. The van der Waals surface area contributed by atoms with E-state index in [1.807, 2.05) is 79.7 Å². The second-order valence-electron chi connectivity index (χ2n) is 8.66. The van der Waals surface area contributed by atoms with Crippen molar-refractivity contribution in [3.63, 3.8) is 0 Å². The first kappa shape index (κ1) is 26.8. The monoisotopic (exact) mass is 491 g/mol. The zero-order valence-electron chi connectivity index (χ0n) is 20.4. The molecule has 3 aromatic carbocycles. The zero-order chi connectivity index (χ0) is 25.9. The van der Waals surface area contributed by atoms with E-state index in [4.69, 9.17) is 10.5 Å². The maximum Gasteiger partial charge on any atom is 0.325 e. The first-order valence-corrected chi connectivity index (χ1v) is 12.1. The van der Waals surface area contributed by atoms with Crippen LogP contribution in [0.25, 0.3) is 10.8 Å². The predicted molar refractivity (Wildman–Crippen MR) is 138 cm³/mol. The molecule has 0 spiro atoms. The van der Waals surface area contributed by atoms with Crippen molar-refractivity contribution >= 4 is 28.6 Å². The number of fused-ring (bicyclic) bond motifs is 1. The number of aliphatic hydroxyl groups excluding tert-OH is 1. The highest BCUT2D eigenvalue weighted by Crippen LogP contribution is 2.19. The SMILES string of the molecule is CCCC(NC(=O)[C@@H](N)Cc1cccc2ccccc12)C(O)C(=O)NCC(=O)OCc1ccccc1. The number of aliphatic hydroxyl groups is 1. The minimum atomic E-state index is -1.54. The molecule has 2 amide bonds. The molecule has 0 saturated heterocycles. The number of esters is 1. The molecular weight excluding hydrogens is 458 g/mol. The number of carbonyl (C=O) groups excluding carboxylic acids is 3. The van der Waals surface area contributed by atoms with Crippen LogP contribution < -0.4 is 16.4 Å². The van der Waals surface area contributed by atoms with Gasteiger partial charge in [0.1, 0.15) is 13.2 Å². The van der Waals surface area contributed by atoms with Crippen molar-refractivity contribution in [2.45, 2.75) is 51.0 Å². The Balaban J connectivity index is 1.52. The van der Waals surface area contributed by atoms with Gasteiger partial charge in [-0.25, -0.2) is 0 Å². The van der Waals surface area contributed by atoms with Crippen LogP contribution in [-0.4, -0.2) is 47.6 Å². The maximum atomic E-state index is 12.8. The highest BCUT2D eigenvalue weighted by molar-refractivity contribution is 5.89. The molecule has 3 atom stereocenters. The van der Waals surface area contributed by atoms with E-state index < -0.39 is 42.5 Å². The fourth-order valence-electron chi connectivity index (χ4n) is 3.95. The van der Waals surface area contributed by atoms with Crippen LogP contribution in [0.15, 0.2) is 72.8 Å². The maximum absolute atomic E-state index is 12.8. The van der Waals surface area contributed by atoms with Gasteiger partial charge in [0.05, 0.1) is 12.1 Å². The van der Waals surface area contributed by atoms with Crippen LogP contribution in [0.5, 0.6) is 0 Å². The van der Waals surface area contributed by atoms with Crippen LogP contribution >= 0.6 is 0 Å². The Bertz CT molecular complexity index is 1160. The third-order valence-electron chi connectivity index (χ3n) is 5.88. The van der Waals surface area contributed by atoms with Gasteiger partial charge in [-0.3, -0.25) is 14.4 Å². The molecule has 0 aromatic heterocycles. The molecule has 0 aliphatic carbocycles. The van der Waals surface area contributed by atoms with E-state index in [2.05, 4.69) is 10.6 Å². The molecule has 190 valence electrons. The van der Waals surface area contributed by atoms with E-state index in [9.17, 15) is 19.5 Å². The molecule has 0 aliphatic heterocycles. The first-order chi connectivity index (χ1) is 17.4. The largest absolute Gasteiger partial charge is 0.460 e. The minimum absolute atomic E-state index is 0.0845. The third kappa shape index (κ3) is 7.63. The van der Waals surface area contributed by atoms with Crippen LogP contribution in [0.4, 0.5) is 0 Å². The number of amides is 2. The molecule has 8 nitrogen and oxygen atoms in total. The Hall–Kier alpha value is -3.75. The molecule has 8 heteroatoms. The molecule has 0 saturated carbocycles. The Morgan fingerprint density at radius 1 is 0.944 bits per heavy atom. The van der Waals surface area contributed by atoms with Crippen molar-refractivity contribution < 1.29 is 24.2 Å². The van der Waals surface area contributed by atoms with Gasteiger partial charge < -0.3 is 26.2 Å². The molecule has 3 aromatic rings. The molecule has 0 aliphatic rings. The smallest absolute Gasteiger partial charge is 0.325 e. The van der Waals surface area contributed by atoms with Gasteiger partial charge in [0.25, 0.3) is 5.91 Å². The topological polar surface area (TPSA) is 131 Å². The zero-order valence-corrected chi connectivity index (χ0v) is 20.4. The van der Waals surface area contributed by atoms with Crippen LogP contribution in [-0.2, 0) is 32.1 Å². The third-order valence-corrected chi connectivity index (χ3v) is 5.88. The average molecular weight is 492 g/mol. The summed E-state index contributed by atoms with van der Waals surface area (Å²) in [5.41, 5.74) is 7.95. The van der Waals surface area contributed by atoms with Crippen molar-refractivity contribution in [1.82, 2.24) is 10.6 Å². The second kappa shape index (κ2) is 13.4. The fraction of sp³-hybridized carbons (Fsp3) is 0.321. The number of nitrogens with two attached hydrogens (primary N) is 1. The number of ether oxygens (including phenoxy) is 1. The first-order valence-electron chi connectivity index (χ1n) is 12.1. The number of carbonyl (C=O) groups is 3. The Morgan fingerprint density at radius 2 is 1.64 bits per heavy atom. The molecular formula is C28H33N3O5. The summed E-state index contributed by atoms with van der Waals surface area (Å²) in [6.45, 7) is 1.57. The van der Waals surface area contributed by atoms with E-state index in [0.717, 1.165) is 21.9 Å². The molecule has 0 radical (unpaired) electrons. The summed E-state index contributed by atoms with van der Waals surface area (Å²) in [7, 11) is 0. The lowest BCUT2D eigenvalue weighted by molar-refractivity contribution is -0.146. The molecule has 0 bridgehead atoms. The van der Waals surface area contributed by atoms with Gasteiger partial charge in [-0.05, 0) is 34.7 Å². The van der Waals surface area contributed by atoms with Crippen molar-refractivity contribution in [1.29, 1.82) is 0 Å². The van der Waals surface area contributed by atoms with Gasteiger partial charge >= 0.3 is 5.97 Å². The summed E-state index contributed by atoms with van der Waals surface area (Å²) in [6.07, 6.45) is -0.255. The Morgan fingerprint density at radius 3 is 2.39 bits per heavy atom. The van der Waals surface area contributed by atoms with Crippen molar-refractivity contribution in [2.24, 2.45) is 5.73 Å². The molecule has 5 N–H and O–H groups in total. The summed E-state index contributed by atoms with van der Waals surface area (Å²) in [4.78, 5) is 37.3. The quantitative estimate of drug-likeness (QED) is 0.287. The lowest BCUT2D eigenvalue weighted by Crippen LogP contribution is -2.54. The van der Waals surface area contributed by atoms with Crippen LogP contribution in [0.3, 0.4) is 0 Å². The summed E-state index contributed by atoms with van der Waals surface area (Å²) < 4.78 is 5.13. The molecule has 0 fully saturated rings. The van der Waals surface area contributed by atoms with Crippen molar-refractivity contribution in [3.8, 4) is 0 Å². The lowest BCUT2D eigenvalue weighted by atomic mass is 9.98. The number of nitrogens with one attached hydrogen (secondary N) is 2. The summed E-state index contributed by atoms with van der Waals surface area (Å²) in [5.74, 6) is -1.86. The van der Waals surface area contributed by atoms with Gasteiger partial charge in [-0.15, -0.1) is 0 Å². The van der Waals surface area contributed by atoms with E-state index in [0.29, 0.717) is 19.3 Å². The normalized spacial score (nSPS) is 13.4. The van der Waals surface area contributed by atoms with Gasteiger partial charge in [-0.1, -0.05) is 86.1 Å². The van der Waals surface area contributed by atoms with Crippen molar-refractivity contribution in [2.75, 3.05) is 6.54 Å². The standard InChI is InChI=1S/C28H33N3O5/c1-2-9-24(26(33)28(35)30-17-25(32)36-18-19-10-4-3-5-11-19)31-27(34)23(29)16-21-14-8-13-20-12-6-7-15-22(20)21/h3-8,10-15,23-24,26,33H,2,9,16-18,29H2,1H3,(H,30,35)(H,31,34)/t23-,24?,26?/m0/s1. The molecule has 3 rings (SSSR count). The Kier molecular flexibility index (Phi) is 9.97. The number of hydrogen-bond acceptors (Lipinski definition) is 6. The Labute approximate surface area is 210 Å². The minimum Gasteiger partial charge on any atom is -0.460 e. The fourth-order valence-corrected chi connectivity index (χ4v) is 3.95. The van der Waals surface area contributed by atoms with E-state index in [1.165, 1.54) is 0 Å². The number of rotatable bonds is 12. The number of hydrogen-bond donors (Lipinski definition) is 4. The number of benzene rings is 3. The highest BCUT2D eigenvalue weighted by atomic mass is 16.5. The van der Waals surface area contributed by atoms with Crippen LogP contribution in [0.1, 0.15) is 30.9 Å². The van der Waals surface area contributed by atoms with Gasteiger partial charge in [0.2, 0.25) is 5.91 Å². The molecule has 0 heterocycles. The summed E-state index contributed by atoms with van der Waals surface area (Å²) in [6, 6.07) is 21.1. The van der Waals surface area contributed by atoms with Crippen LogP contribution in [0.2, 0.25) is 0 Å². The van der Waals surface area contributed by atoms with E-state index in [1.54, 1.807) is 0 Å². The van der Waals surface area contributed by atoms with Gasteiger partial charge in [0, 0.05) is 0 Å². The van der Waals surface area contributed by atoms with Gasteiger partial charge in [-0.2, -0.15) is 0 Å². The highest BCUT2D eigenvalue weighted by Gasteiger charge is 2.29. The van der Waals surface area contributed by atoms with Gasteiger partial charge in [0.15, 0.2) is 6.10 Å². The molecule has 36 heavy (non-hydrogen) atoms. The molecule has 2 unspecified atom stereocenters. The van der Waals surface area contributed by atoms with E-state index in [-0.39, 0.29) is 6.61 Å². The summed E-state index contributed by atoms with van der Waals surface area (Å²) in [5, 5.41) is 17.7. The summed E-state index contributed by atoms with van der Waals surface area (Å²) >= 11 is 0. The lowest BCUT2D eigenvalue weighted by Gasteiger charge is -2.25. The van der Waals surface area contributed by atoms with Crippen molar-refractivity contribution in [3.05, 3.63) is 83.9 Å². The van der Waals surface area contributed by atoms with Crippen LogP contribution in [0, 0.1) is 0 Å². The predicted octanol–water partition coefficient (Wildman–Crippen LogP) is 2.21.